The summed E-state index contributed by atoms with van der Waals surface area (Å²) in [6.45, 7) is 7.05. The maximum absolute atomic E-state index is 11.5. The molecule has 2 aliphatic heterocycles. The summed E-state index contributed by atoms with van der Waals surface area (Å²) < 4.78 is 8.06. The first-order valence-corrected chi connectivity index (χ1v) is 10.8. The molecule has 0 radical (unpaired) electrons. The average Bonchev–Trinajstić information content (AvgIpc) is 3.31. The molecule has 0 atom stereocenters. The largest absolute Gasteiger partial charge is 0.365 e. The Morgan fingerprint density at radius 3 is 2.81 bits per heavy atom. The van der Waals surface area contributed by atoms with Gasteiger partial charge in [-0.3, -0.25) is 9.69 Å². The number of pyridine rings is 1. The summed E-state index contributed by atoms with van der Waals surface area (Å²) in [5.41, 5.74) is 5.39. The van der Waals surface area contributed by atoms with Gasteiger partial charge in [0.15, 0.2) is 5.82 Å². The lowest BCUT2D eigenvalue weighted by atomic mass is 9.84. The van der Waals surface area contributed by atoms with Gasteiger partial charge in [0, 0.05) is 44.5 Å². The number of nitrogens with zero attached hydrogens (tertiary/aromatic N) is 4. The summed E-state index contributed by atoms with van der Waals surface area (Å²) in [4.78, 5) is 18.4. The quantitative estimate of drug-likeness (QED) is 0.703. The van der Waals surface area contributed by atoms with Crippen molar-refractivity contribution in [3.63, 3.8) is 0 Å². The van der Waals surface area contributed by atoms with E-state index in [1.807, 2.05) is 19.2 Å². The second-order valence-corrected chi connectivity index (χ2v) is 8.46. The third-order valence-electron chi connectivity index (χ3n) is 6.38. The van der Waals surface area contributed by atoms with E-state index in [0.29, 0.717) is 11.5 Å². The molecule has 0 aliphatic carbocycles. The number of ether oxygens (including phenoxy) is 1. The third kappa shape index (κ3) is 3.75. The molecule has 0 unspecified atom stereocenters. The van der Waals surface area contributed by atoms with Crippen LogP contribution in [0.4, 0.5) is 5.69 Å². The molecule has 3 aromatic rings. The third-order valence-corrected chi connectivity index (χ3v) is 6.38. The van der Waals surface area contributed by atoms with Gasteiger partial charge in [-0.25, -0.2) is 9.67 Å². The van der Waals surface area contributed by atoms with Gasteiger partial charge in [0.25, 0.3) is 0 Å². The Bertz CT molecular complexity index is 1110. The second kappa shape index (κ2) is 7.90. The number of anilines is 1. The van der Waals surface area contributed by atoms with Crippen LogP contribution in [0.3, 0.4) is 0 Å². The molecule has 7 heteroatoms. The minimum atomic E-state index is -0.128. The molecule has 1 amide bonds. The Morgan fingerprint density at radius 1 is 1.19 bits per heavy atom. The predicted molar refractivity (Wildman–Crippen MR) is 118 cm³/mol. The first kappa shape index (κ1) is 19.9. The van der Waals surface area contributed by atoms with E-state index in [-0.39, 0.29) is 11.5 Å². The number of aryl methyl sites for hydroxylation is 1. The molecule has 2 aliphatic rings. The molecular weight excluding hydrogens is 390 g/mol. The van der Waals surface area contributed by atoms with Gasteiger partial charge in [0.2, 0.25) is 5.91 Å². The van der Waals surface area contributed by atoms with Crippen molar-refractivity contribution in [2.24, 2.45) is 0 Å². The molecule has 2 aromatic heterocycles. The van der Waals surface area contributed by atoms with Crippen molar-refractivity contribution in [1.82, 2.24) is 19.7 Å². The van der Waals surface area contributed by atoms with Crippen LogP contribution in [0.2, 0.25) is 0 Å². The molecule has 1 fully saturated rings. The van der Waals surface area contributed by atoms with E-state index in [2.05, 4.69) is 44.6 Å². The maximum Gasteiger partial charge on any atom is 0.221 e. The maximum atomic E-state index is 11.5. The monoisotopic (exact) mass is 417 g/mol. The Hall–Kier alpha value is -3.03. The number of carbonyl (C=O) groups is 1. The molecule has 1 saturated heterocycles. The van der Waals surface area contributed by atoms with E-state index in [0.717, 1.165) is 44.8 Å². The zero-order chi connectivity index (χ0) is 21.4. The van der Waals surface area contributed by atoms with E-state index >= 15 is 0 Å². The highest BCUT2D eigenvalue weighted by molar-refractivity contribution is 5.90. The lowest BCUT2D eigenvalue weighted by molar-refractivity contribution is -0.114. The highest BCUT2D eigenvalue weighted by Crippen LogP contribution is 2.44. The number of hydrogen-bond donors (Lipinski definition) is 1. The fraction of sp³-hybridized carbons (Fsp3) is 0.375. The van der Waals surface area contributed by atoms with Crippen LogP contribution in [0.1, 0.15) is 42.1 Å². The molecule has 1 spiro atoms. The van der Waals surface area contributed by atoms with Gasteiger partial charge >= 0.3 is 0 Å². The zero-order valence-electron chi connectivity index (χ0n) is 18.0. The molecule has 0 saturated carbocycles. The standard InChI is InChI=1S/C24H27N5O2/c1-17-20(15-29(27-17)23-22(26-18(2)30)8-5-11-25-23)14-28-12-9-24(10-13-28)21-7-4-3-6-19(21)16-31-24/h3-8,11,15H,9-10,12-14,16H2,1-2H3,(H,26,30). The van der Waals surface area contributed by atoms with Crippen LogP contribution >= 0.6 is 0 Å². The van der Waals surface area contributed by atoms with Gasteiger partial charge in [-0.2, -0.15) is 5.10 Å². The van der Waals surface area contributed by atoms with Crippen molar-refractivity contribution in [3.05, 3.63) is 71.2 Å². The van der Waals surface area contributed by atoms with Gasteiger partial charge in [-0.05, 0) is 43.0 Å². The smallest absolute Gasteiger partial charge is 0.221 e. The van der Waals surface area contributed by atoms with E-state index in [1.165, 1.54) is 23.6 Å². The topological polar surface area (TPSA) is 72.3 Å². The number of benzene rings is 1. The number of carbonyl (C=O) groups excluding carboxylic acids is 1. The average molecular weight is 418 g/mol. The lowest BCUT2D eigenvalue weighted by Gasteiger charge is -2.39. The van der Waals surface area contributed by atoms with Crippen LogP contribution in [0.5, 0.6) is 0 Å². The van der Waals surface area contributed by atoms with Gasteiger partial charge in [-0.1, -0.05) is 24.3 Å². The summed E-state index contributed by atoms with van der Waals surface area (Å²) >= 11 is 0. The van der Waals surface area contributed by atoms with E-state index < -0.39 is 0 Å². The zero-order valence-corrected chi connectivity index (χ0v) is 18.0. The van der Waals surface area contributed by atoms with Crippen LogP contribution in [-0.4, -0.2) is 38.7 Å². The van der Waals surface area contributed by atoms with Crippen LogP contribution in [0, 0.1) is 6.92 Å². The first-order chi connectivity index (χ1) is 15.0. The van der Waals surface area contributed by atoms with Gasteiger partial charge in [-0.15, -0.1) is 0 Å². The summed E-state index contributed by atoms with van der Waals surface area (Å²) in [7, 11) is 0. The Balaban J connectivity index is 1.30. The molecule has 31 heavy (non-hydrogen) atoms. The van der Waals surface area contributed by atoms with E-state index in [4.69, 9.17) is 4.74 Å². The number of amides is 1. The van der Waals surface area contributed by atoms with Gasteiger partial charge in [0.05, 0.1) is 23.6 Å². The summed E-state index contributed by atoms with van der Waals surface area (Å²) in [5, 5.41) is 7.50. The number of aromatic nitrogens is 3. The molecular formula is C24H27N5O2. The number of piperidine rings is 1. The fourth-order valence-electron chi connectivity index (χ4n) is 4.74. The Labute approximate surface area is 182 Å². The number of fused-ring (bicyclic) bond motifs is 2. The minimum Gasteiger partial charge on any atom is -0.365 e. The predicted octanol–water partition coefficient (Wildman–Crippen LogP) is 3.56. The molecule has 1 N–H and O–H groups in total. The second-order valence-electron chi connectivity index (χ2n) is 8.46. The first-order valence-electron chi connectivity index (χ1n) is 10.8. The van der Waals surface area contributed by atoms with Crippen molar-refractivity contribution in [2.75, 3.05) is 18.4 Å². The molecule has 160 valence electrons. The Morgan fingerprint density at radius 2 is 2.00 bits per heavy atom. The molecule has 5 rings (SSSR count). The van der Waals surface area contributed by atoms with Crippen LogP contribution in [-0.2, 0) is 28.3 Å². The van der Waals surface area contributed by atoms with Crippen molar-refractivity contribution < 1.29 is 9.53 Å². The minimum absolute atomic E-state index is 0.118. The SMILES string of the molecule is CC(=O)Nc1cccnc1-n1cc(CN2CCC3(CC2)OCc2ccccc23)c(C)n1. The van der Waals surface area contributed by atoms with Crippen molar-refractivity contribution in [1.29, 1.82) is 0 Å². The Kier molecular flexibility index (Phi) is 5.08. The molecule has 1 aromatic carbocycles. The van der Waals surface area contributed by atoms with Crippen molar-refractivity contribution in [3.8, 4) is 5.82 Å². The highest BCUT2D eigenvalue weighted by Gasteiger charge is 2.42. The van der Waals surface area contributed by atoms with Crippen LogP contribution < -0.4 is 5.32 Å². The summed E-state index contributed by atoms with van der Waals surface area (Å²) in [6, 6.07) is 12.3. The van der Waals surface area contributed by atoms with E-state index in [9.17, 15) is 4.79 Å². The van der Waals surface area contributed by atoms with E-state index in [1.54, 1.807) is 16.9 Å². The van der Waals surface area contributed by atoms with Gasteiger partial charge < -0.3 is 10.1 Å². The van der Waals surface area contributed by atoms with Gasteiger partial charge in [0.1, 0.15) is 0 Å². The molecule has 4 heterocycles. The lowest BCUT2D eigenvalue weighted by Crippen LogP contribution is -2.42. The number of rotatable bonds is 4. The number of hydrogen-bond acceptors (Lipinski definition) is 5. The fourth-order valence-corrected chi connectivity index (χ4v) is 4.74. The summed E-state index contributed by atoms with van der Waals surface area (Å²) in [5.74, 6) is 0.497. The highest BCUT2D eigenvalue weighted by atomic mass is 16.5. The molecule has 7 nitrogen and oxygen atoms in total. The van der Waals surface area contributed by atoms with Crippen molar-refractivity contribution >= 4 is 11.6 Å². The van der Waals surface area contributed by atoms with Crippen molar-refractivity contribution in [2.45, 2.75) is 45.4 Å². The number of likely N-dealkylation sites (tertiary alicyclic amines) is 1. The summed E-state index contributed by atoms with van der Waals surface area (Å²) in [6.07, 6.45) is 5.74. The number of nitrogens with one attached hydrogen (secondary N) is 1. The van der Waals surface area contributed by atoms with Crippen LogP contribution in [0.15, 0.2) is 48.8 Å². The van der Waals surface area contributed by atoms with Crippen LogP contribution in [0.25, 0.3) is 5.82 Å². The molecule has 0 bridgehead atoms. The normalized spacial score (nSPS) is 17.6.